The van der Waals surface area contributed by atoms with Crippen LogP contribution in [0.1, 0.15) is 13.8 Å². The van der Waals surface area contributed by atoms with Crippen LogP contribution in [0.15, 0.2) is 0 Å². The van der Waals surface area contributed by atoms with Gasteiger partial charge >= 0.3 is 0 Å². The monoisotopic (exact) mass is 192 g/mol. The van der Waals surface area contributed by atoms with Crippen molar-refractivity contribution in [3.8, 4) is 0 Å². The zero-order valence-electron chi connectivity index (χ0n) is 7.80. The second-order valence-electron chi connectivity index (χ2n) is 3.57. The van der Waals surface area contributed by atoms with Crippen LogP contribution in [0.5, 0.6) is 0 Å². The molecule has 1 aliphatic heterocycles. The quantitative estimate of drug-likeness (QED) is 0.526. The molecule has 3 N–H and O–H groups in total. The zero-order valence-corrected chi connectivity index (χ0v) is 7.80. The van der Waals surface area contributed by atoms with Crippen LogP contribution in [0.3, 0.4) is 0 Å². The van der Waals surface area contributed by atoms with Crippen LogP contribution in [0.4, 0.5) is 0 Å². The van der Waals surface area contributed by atoms with E-state index in [1.165, 1.54) is 0 Å². The van der Waals surface area contributed by atoms with Gasteiger partial charge in [-0.2, -0.15) is 0 Å². The van der Waals surface area contributed by atoms with Crippen LogP contribution in [0, 0.1) is 0 Å². The fourth-order valence-electron chi connectivity index (χ4n) is 1.43. The Hall–Kier alpha value is -0.200. The zero-order chi connectivity index (χ0) is 10.1. The number of hydrogen-bond acceptors (Lipinski definition) is 5. The van der Waals surface area contributed by atoms with Gasteiger partial charge in [0.1, 0.15) is 18.3 Å². The van der Waals surface area contributed by atoms with Crippen molar-refractivity contribution in [1.82, 2.24) is 0 Å². The van der Waals surface area contributed by atoms with Gasteiger partial charge in [-0.15, -0.1) is 0 Å². The first-order valence-electron chi connectivity index (χ1n) is 4.25. The largest absolute Gasteiger partial charge is 0.394 e. The van der Waals surface area contributed by atoms with Gasteiger partial charge in [0.15, 0.2) is 5.79 Å². The molecule has 78 valence electrons. The van der Waals surface area contributed by atoms with E-state index in [9.17, 15) is 5.11 Å². The minimum Gasteiger partial charge on any atom is -0.394 e. The number of rotatable bonds is 3. The summed E-state index contributed by atoms with van der Waals surface area (Å²) < 4.78 is 10.6. The van der Waals surface area contributed by atoms with Crippen molar-refractivity contribution in [2.75, 3.05) is 13.2 Å². The highest BCUT2D eigenvalue weighted by molar-refractivity contribution is 4.85. The number of ether oxygens (including phenoxy) is 2. The summed E-state index contributed by atoms with van der Waals surface area (Å²) in [6.45, 7) is 2.76. The topological polar surface area (TPSA) is 79.2 Å². The van der Waals surface area contributed by atoms with Gasteiger partial charge < -0.3 is 24.8 Å². The van der Waals surface area contributed by atoms with E-state index in [2.05, 4.69) is 0 Å². The highest BCUT2D eigenvalue weighted by Crippen LogP contribution is 2.29. The minimum absolute atomic E-state index is 0.231. The molecule has 0 bridgehead atoms. The van der Waals surface area contributed by atoms with E-state index in [4.69, 9.17) is 19.7 Å². The first kappa shape index (κ1) is 10.9. The summed E-state index contributed by atoms with van der Waals surface area (Å²) in [6.07, 6.45) is -2.25. The molecule has 0 aromatic rings. The van der Waals surface area contributed by atoms with Crippen LogP contribution < -0.4 is 0 Å². The molecule has 0 unspecified atom stereocenters. The van der Waals surface area contributed by atoms with Gasteiger partial charge in [-0.05, 0) is 13.8 Å². The molecule has 0 aromatic heterocycles. The van der Waals surface area contributed by atoms with Crippen molar-refractivity contribution >= 4 is 0 Å². The van der Waals surface area contributed by atoms with Crippen molar-refractivity contribution < 1.29 is 24.8 Å². The van der Waals surface area contributed by atoms with Crippen molar-refractivity contribution in [2.24, 2.45) is 0 Å². The molecular weight excluding hydrogens is 176 g/mol. The summed E-state index contributed by atoms with van der Waals surface area (Å²) in [5.74, 6) is -0.811. The Balaban J connectivity index is 2.63. The fraction of sp³-hybridized carbons (Fsp3) is 1.00. The summed E-state index contributed by atoms with van der Waals surface area (Å²) in [5, 5.41) is 27.0. The third-order valence-electron chi connectivity index (χ3n) is 1.97. The van der Waals surface area contributed by atoms with Crippen LogP contribution in [0.2, 0.25) is 0 Å². The van der Waals surface area contributed by atoms with E-state index in [1.807, 2.05) is 0 Å². The van der Waals surface area contributed by atoms with Gasteiger partial charge in [0, 0.05) is 0 Å². The SMILES string of the molecule is CC1(C)O[C@H]([C@H](O)CO)[C@@H](CO)O1. The maximum Gasteiger partial charge on any atom is 0.164 e. The molecule has 5 heteroatoms. The first-order chi connectivity index (χ1) is 6.00. The summed E-state index contributed by atoms with van der Waals surface area (Å²) in [5.41, 5.74) is 0. The minimum atomic E-state index is -1.01. The van der Waals surface area contributed by atoms with Crippen LogP contribution in [-0.2, 0) is 9.47 Å². The van der Waals surface area contributed by atoms with Crippen LogP contribution in [-0.4, -0.2) is 52.6 Å². The van der Waals surface area contributed by atoms with E-state index < -0.39 is 30.7 Å². The van der Waals surface area contributed by atoms with Crippen LogP contribution >= 0.6 is 0 Å². The lowest BCUT2D eigenvalue weighted by atomic mass is 10.1. The molecule has 0 aliphatic carbocycles. The maximum absolute atomic E-state index is 9.33. The average Bonchev–Trinajstić information content (AvgIpc) is 2.39. The molecule has 0 spiro atoms. The number of hydrogen-bond donors (Lipinski definition) is 3. The summed E-state index contributed by atoms with van der Waals surface area (Å²) >= 11 is 0. The summed E-state index contributed by atoms with van der Waals surface area (Å²) in [7, 11) is 0. The lowest BCUT2D eigenvalue weighted by Crippen LogP contribution is -2.39. The van der Waals surface area contributed by atoms with Gasteiger partial charge in [0.25, 0.3) is 0 Å². The molecule has 3 atom stereocenters. The van der Waals surface area contributed by atoms with Crippen molar-refractivity contribution in [3.05, 3.63) is 0 Å². The number of aliphatic hydroxyl groups is 3. The number of aliphatic hydroxyl groups excluding tert-OH is 3. The molecule has 5 nitrogen and oxygen atoms in total. The Morgan fingerprint density at radius 1 is 1.31 bits per heavy atom. The molecule has 1 aliphatic rings. The van der Waals surface area contributed by atoms with Crippen LogP contribution in [0.25, 0.3) is 0 Å². The average molecular weight is 192 g/mol. The van der Waals surface area contributed by atoms with E-state index >= 15 is 0 Å². The second-order valence-corrected chi connectivity index (χ2v) is 3.57. The first-order valence-corrected chi connectivity index (χ1v) is 4.25. The third kappa shape index (κ3) is 2.38. The van der Waals surface area contributed by atoms with E-state index in [1.54, 1.807) is 13.8 Å². The molecule has 1 fully saturated rings. The second kappa shape index (κ2) is 3.89. The Morgan fingerprint density at radius 2 is 1.92 bits per heavy atom. The van der Waals surface area contributed by atoms with Gasteiger partial charge in [0.05, 0.1) is 13.2 Å². The van der Waals surface area contributed by atoms with Gasteiger partial charge in [-0.25, -0.2) is 0 Å². The molecule has 13 heavy (non-hydrogen) atoms. The molecule has 0 radical (unpaired) electrons. The molecule has 0 saturated carbocycles. The smallest absolute Gasteiger partial charge is 0.164 e. The Morgan fingerprint density at radius 3 is 2.38 bits per heavy atom. The third-order valence-corrected chi connectivity index (χ3v) is 1.97. The Labute approximate surface area is 76.9 Å². The predicted molar refractivity (Wildman–Crippen MR) is 44.0 cm³/mol. The highest BCUT2D eigenvalue weighted by Gasteiger charge is 2.44. The maximum atomic E-state index is 9.33. The van der Waals surface area contributed by atoms with E-state index in [0.717, 1.165) is 0 Å². The fourth-order valence-corrected chi connectivity index (χ4v) is 1.43. The lowest BCUT2D eigenvalue weighted by Gasteiger charge is -2.19. The van der Waals surface area contributed by atoms with Crippen molar-refractivity contribution in [3.63, 3.8) is 0 Å². The van der Waals surface area contributed by atoms with Gasteiger partial charge in [-0.1, -0.05) is 0 Å². The summed E-state index contributed by atoms with van der Waals surface area (Å²) in [6, 6.07) is 0. The standard InChI is InChI=1S/C8H16O5/c1-8(2)12-6(4-10)7(13-8)5(11)3-9/h5-7,9-11H,3-4H2,1-2H3/t5-,6-,7-/m1/s1. The lowest BCUT2D eigenvalue weighted by molar-refractivity contribution is -0.158. The van der Waals surface area contributed by atoms with E-state index in [0.29, 0.717) is 0 Å². The molecule has 1 heterocycles. The van der Waals surface area contributed by atoms with Gasteiger partial charge in [-0.3, -0.25) is 0 Å². The molecule has 1 rings (SSSR count). The molecule has 0 aromatic carbocycles. The van der Waals surface area contributed by atoms with Gasteiger partial charge in [0.2, 0.25) is 0 Å². The summed E-state index contributed by atoms with van der Waals surface area (Å²) in [4.78, 5) is 0. The molecule has 0 amide bonds. The Kier molecular flexibility index (Phi) is 3.26. The molecule has 1 saturated heterocycles. The predicted octanol–water partition coefficient (Wildman–Crippen LogP) is -1.15. The normalized spacial score (nSPS) is 34.8. The van der Waals surface area contributed by atoms with E-state index in [-0.39, 0.29) is 6.61 Å². The Bertz CT molecular complexity index is 170. The molecular formula is C8H16O5. The van der Waals surface area contributed by atoms with Crippen molar-refractivity contribution in [1.29, 1.82) is 0 Å². The highest BCUT2D eigenvalue weighted by atomic mass is 16.8. The van der Waals surface area contributed by atoms with Crippen molar-refractivity contribution in [2.45, 2.75) is 37.9 Å².